The second-order valence-electron chi connectivity index (χ2n) is 2.40. The lowest BCUT2D eigenvalue weighted by atomic mass is 10.2. The van der Waals surface area contributed by atoms with Gasteiger partial charge in [0, 0.05) is 10.3 Å². The summed E-state index contributed by atoms with van der Waals surface area (Å²) in [5.41, 5.74) is 0.882. The highest BCUT2D eigenvalue weighted by Crippen LogP contribution is 2.32. The van der Waals surface area contributed by atoms with Crippen molar-refractivity contribution in [2.75, 3.05) is 0 Å². The van der Waals surface area contributed by atoms with Gasteiger partial charge in [-0.25, -0.2) is 0 Å². The smallest absolute Gasteiger partial charge is 0.138 e. The van der Waals surface area contributed by atoms with Crippen LogP contribution in [-0.2, 0) is 0 Å². The molecule has 0 radical (unpaired) electrons. The summed E-state index contributed by atoms with van der Waals surface area (Å²) in [6.07, 6.45) is 1.65. The average Bonchev–Trinajstić information content (AvgIpc) is 2.58. The fourth-order valence-electron chi connectivity index (χ4n) is 1.09. The van der Waals surface area contributed by atoms with Crippen LogP contribution in [0.25, 0.3) is 10.9 Å². The Bertz CT molecular complexity index is 486. The first-order valence-corrected chi connectivity index (χ1v) is 4.70. The minimum atomic E-state index is 0.581. The van der Waals surface area contributed by atoms with Gasteiger partial charge in [0.05, 0.1) is 16.7 Å². The summed E-state index contributed by atoms with van der Waals surface area (Å²) >= 11 is 7.08. The van der Waals surface area contributed by atoms with Gasteiger partial charge in [-0.15, -0.1) is 0 Å². The molecule has 1 aromatic heterocycles. The van der Waals surface area contributed by atoms with E-state index in [-0.39, 0.29) is 0 Å². The molecular weight excluding hydrogens is 206 g/mol. The highest BCUT2D eigenvalue weighted by Gasteiger charge is 2.06. The third kappa shape index (κ3) is 1.37. The van der Waals surface area contributed by atoms with Crippen LogP contribution in [0.2, 0.25) is 5.02 Å². The first-order valence-electron chi connectivity index (χ1n) is 3.50. The molecule has 0 amide bonds. The minimum Gasteiger partial charge on any atom is -0.278 e. The largest absolute Gasteiger partial charge is 0.278 e. The molecule has 2 aromatic rings. The normalized spacial score (nSPS) is 10.2. The van der Waals surface area contributed by atoms with Crippen LogP contribution in [0.15, 0.2) is 23.2 Å². The molecular formula is C8H4ClN3S. The Labute approximate surface area is 83.7 Å². The van der Waals surface area contributed by atoms with Crippen molar-refractivity contribution in [1.82, 2.24) is 10.2 Å². The molecule has 0 aliphatic carbocycles. The topological polar surface area (TPSA) is 52.5 Å². The van der Waals surface area contributed by atoms with Crippen molar-refractivity contribution in [1.29, 1.82) is 5.26 Å². The molecule has 0 aliphatic heterocycles. The minimum absolute atomic E-state index is 0.581. The third-order valence-electron chi connectivity index (χ3n) is 1.68. The number of aromatic amines is 1. The van der Waals surface area contributed by atoms with Crippen LogP contribution in [0.5, 0.6) is 0 Å². The van der Waals surface area contributed by atoms with Crippen LogP contribution in [0.3, 0.4) is 0 Å². The number of hydrogen-bond acceptors (Lipinski definition) is 3. The molecule has 0 bridgehead atoms. The fourth-order valence-corrected chi connectivity index (χ4v) is 1.85. The Morgan fingerprint density at radius 1 is 1.54 bits per heavy atom. The number of benzene rings is 1. The van der Waals surface area contributed by atoms with E-state index in [1.165, 1.54) is 0 Å². The monoisotopic (exact) mass is 209 g/mol. The SMILES string of the molecule is N#CSc1ccc2[nH]ncc2c1Cl. The molecule has 5 heteroatoms. The summed E-state index contributed by atoms with van der Waals surface area (Å²) in [5.74, 6) is 0. The van der Waals surface area contributed by atoms with Gasteiger partial charge in [0.15, 0.2) is 0 Å². The maximum Gasteiger partial charge on any atom is 0.138 e. The van der Waals surface area contributed by atoms with Gasteiger partial charge < -0.3 is 0 Å². The standard InChI is InChI=1S/C8H4ClN3S/c9-8-5-3-11-12-6(5)1-2-7(8)13-4-10/h1-3H,(H,11,12). The molecule has 1 heterocycles. The van der Waals surface area contributed by atoms with Crippen LogP contribution in [0.4, 0.5) is 0 Å². The van der Waals surface area contributed by atoms with Crippen molar-refractivity contribution in [2.24, 2.45) is 0 Å². The van der Waals surface area contributed by atoms with Gasteiger partial charge in [-0.05, 0) is 23.9 Å². The summed E-state index contributed by atoms with van der Waals surface area (Å²) in [4.78, 5) is 0.762. The molecule has 2 rings (SSSR count). The van der Waals surface area contributed by atoms with Crippen molar-refractivity contribution in [3.63, 3.8) is 0 Å². The van der Waals surface area contributed by atoms with E-state index in [0.29, 0.717) is 5.02 Å². The number of thioether (sulfide) groups is 1. The lowest BCUT2D eigenvalue weighted by Crippen LogP contribution is -1.74. The van der Waals surface area contributed by atoms with Crippen molar-refractivity contribution >= 4 is 34.3 Å². The van der Waals surface area contributed by atoms with E-state index in [4.69, 9.17) is 16.9 Å². The van der Waals surface area contributed by atoms with Gasteiger partial charge in [0.25, 0.3) is 0 Å². The third-order valence-corrected chi connectivity index (χ3v) is 2.85. The van der Waals surface area contributed by atoms with Crippen LogP contribution >= 0.6 is 23.4 Å². The van der Waals surface area contributed by atoms with Crippen LogP contribution in [0.1, 0.15) is 0 Å². The molecule has 64 valence electrons. The Morgan fingerprint density at radius 3 is 3.15 bits per heavy atom. The van der Waals surface area contributed by atoms with Crippen LogP contribution in [0, 0.1) is 10.7 Å². The second-order valence-corrected chi connectivity index (χ2v) is 3.61. The molecule has 0 fully saturated rings. The average molecular weight is 210 g/mol. The van der Waals surface area contributed by atoms with Crippen LogP contribution in [-0.4, -0.2) is 10.2 Å². The number of aromatic nitrogens is 2. The number of hydrogen-bond donors (Lipinski definition) is 1. The van der Waals surface area contributed by atoms with Crippen molar-refractivity contribution in [2.45, 2.75) is 4.90 Å². The lowest BCUT2D eigenvalue weighted by molar-refractivity contribution is 1.12. The van der Waals surface area contributed by atoms with Crippen molar-refractivity contribution in [3.8, 4) is 5.40 Å². The van der Waals surface area contributed by atoms with E-state index in [2.05, 4.69) is 10.2 Å². The van der Waals surface area contributed by atoms with E-state index < -0.39 is 0 Å². The molecule has 0 spiro atoms. The zero-order valence-corrected chi connectivity index (χ0v) is 7.99. The summed E-state index contributed by atoms with van der Waals surface area (Å²) < 4.78 is 0. The number of rotatable bonds is 1. The number of halogens is 1. The van der Waals surface area contributed by atoms with Gasteiger partial charge in [-0.3, -0.25) is 5.10 Å². The maximum atomic E-state index is 8.50. The van der Waals surface area contributed by atoms with Crippen molar-refractivity contribution in [3.05, 3.63) is 23.4 Å². The van der Waals surface area contributed by atoms with E-state index in [0.717, 1.165) is 27.6 Å². The highest BCUT2D eigenvalue weighted by molar-refractivity contribution is 8.03. The number of nitrogens with zero attached hydrogens (tertiary/aromatic N) is 2. The number of fused-ring (bicyclic) bond motifs is 1. The summed E-state index contributed by atoms with van der Waals surface area (Å²) in [5, 5.41) is 18.6. The number of thiocyanates is 1. The molecule has 0 saturated heterocycles. The molecule has 0 saturated carbocycles. The maximum absolute atomic E-state index is 8.50. The zero-order chi connectivity index (χ0) is 9.26. The number of nitriles is 1. The number of H-pyrrole nitrogens is 1. The van der Waals surface area contributed by atoms with E-state index in [9.17, 15) is 0 Å². The molecule has 1 N–H and O–H groups in total. The van der Waals surface area contributed by atoms with Crippen LogP contribution < -0.4 is 0 Å². The van der Waals surface area contributed by atoms with Gasteiger partial charge in [0.1, 0.15) is 5.40 Å². The fraction of sp³-hybridized carbons (Fsp3) is 0. The molecule has 13 heavy (non-hydrogen) atoms. The Morgan fingerprint density at radius 2 is 2.38 bits per heavy atom. The van der Waals surface area contributed by atoms with Gasteiger partial charge >= 0.3 is 0 Å². The predicted octanol–water partition coefficient (Wildman–Crippen LogP) is 2.79. The highest BCUT2D eigenvalue weighted by atomic mass is 35.5. The predicted molar refractivity (Wildman–Crippen MR) is 52.6 cm³/mol. The van der Waals surface area contributed by atoms with Crippen molar-refractivity contribution < 1.29 is 0 Å². The van der Waals surface area contributed by atoms with E-state index in [1.54, 1.807) is 12.3 Å². The van der Waals surface area contributed by atoms with Gasteiger partial charge in [-0.2, -0.15) is 10.4 Å². The zero-order valence-electron chi connectivity index (χ0n) is 6.41. The lowest BCUT2D eigenvalue weighted by Gasteiger charge is -1.97. The van der Waals surface area contributed by atoms with Gasteiger partial charge in [0.2, 0.25) is 0 Å². The molecule has 0 atom stereocenters. The summed E-state index contributed by atoms with van der Waals surface area (Å²) in [6, 6.07) is 3.66. The molecule has 3 nitrogen and oxygen atoms in total. The van der Waals surface area contributed by atoms with E-state index in [1.807, 2.05) is 11.5 Å². The molecule has 0 unspecified atom stereocenters. The first kappa shape index (κ1) is 8.42. The first-order chi connectivity index (χ1) is 6.33. The van der Waals surface area contributed by atoms with E-state index >= 15 is 0 Å². The Kier molecular flexibility index (Phi) is 2.13. The second kappa shape index (κ2) is 3.29. The summed E-state index contributed by atoms with van der Waals surface area (Å²) in [7, 11) is 0. The summed E-state index contributed by atoms with van der Waals surface area (Å²) in [6.45, 7) is 0. The Balaban J connectivity index is 2.67. The number of nitrogens with one attached hydrogen (secondary N) is 1. The quantitative estimate of drug-likeness (QED) is 0.581. The van der Waals surface area contributed by atoms with Gasteiger partial charge in [-0.1, -0.05) is 11.6 Å². The molecule has 1 aromatic carbocycles. The molecule has 0 aliphatic rings. The Hall–Kier alpha value is -1.18.